The topological polar surface area (TPSA) is 35.5 Å². The second kappa shape index (κ2) is 8.76. The first-order valence-electron chi connectivity index (χ1n) is 8.68. The number of ketones is 1. The molecule has 3 rings (SSSR count). The van der Waals surface area contributed by atoms with E-state index in [9.17, 15) is 4.79 Å². The molecule has 3 nitrogen and oxygen atoms in total. The minimum absolute atomic E-state index is 0.00937. The maximum absolute atomic E-state index is 12.2. The van der Waals surface area contributed by atoms with Gasteiger partial charge < -0.3 is 9.47 Å². The van der Waals surface area contributed by atoms with Gasteiger partial charge in [0.1, 0.15) is 6.61 Å². The van der Waals surface area contributed by atoms with E-state index in [0.29, 0.717) is 12.2 Å². The van der Waals surface area contributed by atoms with Gasteiger partial charge >= 0.3 is 0 Å². The molecule has 1 aliphatic rings. The average Bonchev–Trinajstić information content (AvgIpc) is 2.66. The standard InChI is InChI=1S/C21H24O3/c22-19(18-11-5-2-6-12-18)16-24-21-14-8-7-13-20(21)23-15-17-9-3-1-4-10-17/h1-6,9-12,20-21H,7-8,13-16H2. The number of hydrogen-bond acceptors (Lipinski definition) is 3. The normalized spacial score (nSPS) is 20.7. The second-order valence-electron chi connectivity index (χ2n) is 6.26. The fourth-order valence-corrected chi connectivity index (χ4v) is 3.11. The molecule has 126 valence electrons. The molecule has 24 heavy (non-hydrogen) atoms. The highest BCUT2D eigenvalue weighted by atomic mass is 16.5. The third-order valence-electron chi connectivity index (χ3n) is 4.47. The van der Waals surface area contributed by atoms with Crippen LogP contribution in [0.3, 0.4) is 0 Å². The number of benzene rings is 2. The van der Waals surface area contributed by atoms with Crippen LogP contribution in [-0.2, 0) is 16.1 Å². The van der Waals surface area contributed by atoms with Crippen molar-refractivity contribution in [3.05, 3.63) is 71.8 Å². The van der Waals surface area contributed by atoms with E-state index in [1.54, 1.807) is 0 Å². The molecule has 0 aromatic heterocycles. The molecule has 0 radical (unpaired) electrons. The molecule has 0 N–H and O–H groups in total. The van der Waals surface area contributed by atoms with E-state index in [4.69, 9.17) is 9.47 Å². The predicted molar refractivity (Wildman–Crippen MR) is 94.0 cm³/mol. The second-order valence-corrected chi connectivity index (χ2v) is 6.26. The summed E-state index contributed by atoms with van der Waals surface area (Å²) in [5.41, 5.74) is 1.87. The molecule has 2 unspecified atom stereocenters. The summed E-state index contributed by atoms with van der Waals surface area (Å²) in [5.74, 6) is 0.0305. The number of ether oxygens (including phenoxy) is 2. The fraction of sp³-hybridized carbons (Fsp3) is 0.381. The van der Waals surface area contributed by atoms with Crippen molar-refractivity contribution in [2.45, 2.75) is 44.5 Å². The van der Waals surface area contributed by atoms with Gasteiger partial charge in [-0.1, -0.05) is 73.5 Å². The van der Waals surface area contributed by atoms with Crippen LogP contribution < -0.4 is 0 Å². The van der Waals surface area contributed by atoms with Crippen LogP contribution in [0.1, 0.15) is 41.6 Å². The molecular formula is C21H24O3. The lowest BCUT2D eigenvalue weighted by Gasteiger charge is -2.31. The molecule has 1 aliphatic carbocycles. The summed E-state index contributed by atoms with van der Waals surface area (Å²) in [6.07, 6.45) is 4.33. The molecule has 2 aromatic carbocycles. The lowest BCUT2D eigenvalue weighted by atomic mass is 9.94. The van der Waals surface area contributed by atoms with E-state index in [-0.39, 0.29) is 24.6 Å². The molecule has 0 spiro atoms. The minimum Gasteiger partial charge on any atom is -0.371 e. The largest absolute Gasteiger partial charge is 0.371 e. The minimum atomic E-state index is 0.00937. The Hall–Kier alpha value is -1.97. The first-order chi connectivity index (χ1) is 11.8. The van der Waals surface area contributed by atoms with Crippen LogP contribution in [-0.4, -0.2) is 24.6 Å². The van der Waals surface area contributed by atoms with Crippen molar-refractivity contribution < 1.29 is 14.3 Å². The van der Waals surface area contributed by atoms with Gasteiger partial charge in [-0.15, -0.1) is 0 Å². The maximum Gasteiger partial charge on any atom is 0.188 e. The summed E-state index contributed by atoms with van der Waals surface area (Å²) in [6, 6.07) is 19.5. The van der Waals surface area contributed by atoms with E-state index < -0.39 is 0 Å². The van der Waals surface area contributed by atoms with E-state index in [1.807, 2.05) is 48.5 Å². The van der Waals surface area contributed by atoms with Crippen molar-refractivity contribution >= 4 is 5.78 Å². The van der Waals surface area contributed by atoms with Gasteiger partial charge in [0.25, 0.3) is 0 Å². The highest BCUT2D eigenvalue weighted by Gasteiger charge is 2.27. The molecule has 1 saturated carbocycles. The third-order valence-corrected chi connectivity index (χ3v) is 4.47. The quantitative estimate of drug-likeness (QED) is 0.708. The van der Waals surface area contributed by atoms with E-state index in [1.165, 1.54) is 5.56 Å². The smallest absolute Gasteiger partial charge is 0.188 e. The van der Waals surface area contributed by atoms with Crippen molar-refractivity contribution in [1.82, 2.24) is 0 Å². The Morgan fingerprint density at radius 3 is 2.08 bits per heavy atom. The SMILES string of the molecule is O=C(COC1CCCCC1OCc1ccccc1)c1ccccc1. The Bertz CT molecular complexity index is 624. The predicted octanol–water partition coefficient (Wildman–Crippen LogP) is 4.41. The Morgan fingerprint density at radius 1 is 0.833 bits per heavy atom. The van der Waals surface area contributed by atoms with E-state index >= 15 is 0 Å². The summed E-state index contributed by atoms with van der Waals surface area (Å²) in [7, 11) is 0. The highest BCUT2D eigenvalue weighted by Crippen LogP contribution is 2.25. The van der Waals surface area contributed by atoms with Gasteiger partial charge in [-0.3, -0.25) is 4.79 Å². The van der Waals surface area contributed by atoms with Gasteiger partial charge in [-0.25, -0.2) is 0 Å². The number of carbonyl (C=O) groups excluding carboxylic acids is 1. The lowest BCUT2D eigenvalue weighted by molar-refractivity contribution is -0.0924. The maximum atomic E-state index is 12.2. The molecule has 0 heterocycles. The van der Waals surface area contributed by atoms with Crippen molar-refractivity contribution in [2.24, 2.45) is 0 Å². The zero-order valence-electron chi connectivity index (χ0n) is 13.9. The summed E-state index contributed by atoms with van der Waals surface area (Å²) in [5, 5.41) is 0. The molecule has 0 saturated heterocycles. The van der Waals surface area contributed by atoms with Crippen molar-refractivity contribution in [3.63, 3.8) is 0 Å². The average molecular weight is 324 g/mol. The van der Waals surface area contributed by atoms with Crippen LogP contribution in [0, 0.1) is 0 Å². The number of Topliss-reactive ketones (excluding diaryl/α,β-unsaturated/α-hetero) is 1. The molecule has 3 heteroatoms. The monoisotopic (exact) mass is 324 g/mol. The van der Waals surface area contributed by atoms with Gasteiger partial charge in [-0.05, 0) is 18.4 Å². The van der Waals surface area contributed by atoms with E-state index in [0.717, 1.165) is 25.7 Å². The summed E-state index contributed by atoms with van der Waals surface area (Å²) in [4.78, 5) is 12.2. The number of rotatable bonds is 7. The van der Waals surface area contributed by atoms with Crippen molar-refractivity contribution in [3.8, 4) is 0 Å². The molecule has 1 fully saturated rings. The first-order valence-corrected chi connectivity index (χ1v) is 8.68. The number of hydrogen-bond donors (Lipinski definition) is 0. The van der Waals surface area contributed by atoms with Gasteiger partial charge in [0.2, 0.25) is 0 Å². The zero-order valence-corrected chi connectivity index (χ0v) is 13.9. The van der Waals surface area contributed by atoms with Crippen LogP contribution >= 0.6 is 0 Å². The number of carbonyl (C=O) groups is 1. The molecule has 2 atom stereocenters. The van der Waals surface area contributed by atoms with Crippen LogP contribution in [0.2, 0.25) is 0 Å². The fourth-order valence-electron chi connectivity index (χ4n) is 3.11. The molecular weight excluding hydrogens is 300 g/mol. The van der Waals surface area contributed by atoms with Crippen LogP contribution in [0.4, 0.5) is 0 Å². The van der Waals surface area contributed by atoms with Crippen molar-refractivity contribution in [1.29, 1.82) is 0 Å². The van der Waals surface area contributed by atoms with Crippen LogP contribution in [0.5, 0.6) is 0 Å². The molecule has 0 bridgehead atoms. The lowest BCUT2D eigenvalue weighted by Crippen LogP contribution is -2.36. The highest BCUT2D eigenvalue weighted by molar-refractivity contribution is 5.97. The molecule has 0 amide bonds. The van der Waals surface area contributed by atoms with Gasteiger partial charge in [0.15, 0.2) is 5.78 Å². The zero-order chi connectivity index (χ0) is 16.6. The van der Waals surface area contributed by atoms with Crippen LogP contribution in [0.25, 0.3) is 0 Å². The van der Waals surface area contributed by atoms with Crippen LogP contribution in [0.15, 0.2) is 60.7 Å². The van der Waals surface area contributed by atoms with Gasteiger partial charge in [0.05, 0.1) is 18.8 Å². The first kappa shape index (κ1) is 16.9. The summed E-state index contributed by atoms with van der Waals surface area (Å²) in [6.45, 7) is 0.720. The Balaban J connectivity index is 1.51. The summed E-state index contributed by atoms with van der Waals surface area (Å²) >= 11 is 0. The Kier molecular flexibility index (Phi) is 6.16. The van der Waals surface area contributed by atoms with E-state index in [2.05, 4.69) is 12.1 Å². The Morgan fingerprint density at radius 2 is 1.42 bits per heavy atom. The molecule has 0 aliphatic heterocycles. The van der Waals surface area contributed by atoms with Gasteiger partial charge in [-0.2, -0.15) is 0 Å². The third kappa shape index (κ3) is 4.76. The Labute approximate surface area is 143 Å². The van der Waals surface area contributed by atoms with Crippen molar-refractivity contribution in [2.75, 3.05) is 6.61 Å². The molecule has 2 aromatic rings. The van der Waals surface area contributed by atoms with Gasteiger partial charge in [0, 0.05) is 5.56 Å². The summed E-state index contributed by atoms with van der Waals surface area (Å²) < 4.78 is 12.0.